The highest BCUT2D eigenvalue weighted by Gasteiger charge is 2.36. The number of carbonyl (C=O) groups is 1. The van der Waals surface area contributed by atoms with Gasteiger partial charge < -0.3 is 10.2 Å². The number of thiophene rings is 1. The second kappa shape index (κ2) is 7.92. The van der Waals surface area contributed by atoms with Crippen molar-refractivity contribution in [1.82, 2.24) is 4.90 Å². The van der Waals surface area contributed by atoms with Gasteiger partial charge in [0.05, 0.1) is 6.04 Å². The molecule has 5 rings (SSSR count). The molecule has 0 fully saturated rings. The molecule has 3 aromatic rings. The lowest BCUT2D eigenvalue weighted by Gasteiger charge is -2.36. The van der Waals surface area contributed by atoms with Gasteiger partial charge in [-0.2, -0.15) is 0 Å². The van der Waals surface area contributed by atoms with Gasteiger partial charge in [-0.25, -0.2) is 4.79 Å². The third-order valence-corrected chi connectivity index (χ3v) is 7.86. The number of anilines is 1. The van der Waals surface area contributed by atoms with E-state index in [1.54, 1.807) is 10.4 Å². The van der Waals surface area contributed by atoms with Gasteiger partial charge in [0, 0.05) is 22.0 Å². The Morgan fingerprint density at radius 3 is 2.60 bits per heavy atom. The molecule has 0 radical (unpaired) electrons. The van der Waals surface area contributed by atoms with E-state index in [2.05, 4.69) is 55.6 Å². The van der Waals surface area contributed by atoms with Crippen LogP contribution in [0, 0.1) is 13.8 Å². The Balaban J connectivity index is 1.53. The maximum atomic E-state index is 13.5. The molecule has 2 heterocycles. The summed E-state index contributed by atoms with van der Waals surface area (Å²) in [6.45, 7) is 4.89. The summed E-state index contributed by atoms with van der Waals surface area (Å²) in [4.78, 5) is 18.4. The molecule has 4 heteroatoms. The fourth-order valence-corrected chi connectivity index (χ4v) is 6.56. The van der Waals surface area contributed by atoms with Crippen LogP contribution in [-0.2, 0) is 19.3 Å². The number of carbonyl (C=O) groups excluding carboxylic acids is 1. The zero-order valence-electron chi connectivity index (χ0n) is 17.7. The van der Waals surface area contributed by atoms with Crippen LogP contribution in [0.5, 0.6) is 0 Å². The zero-order chi connectivity index (χ0) is 20.7. The first-order chi connectivity index (χ1) is 14.6. The summed E-state index contributed by atoms with van der Waals surface area (Å²) in [6, 6.07) is 16.7. The Morgan fingerprint density at radius 2 is 1.80 bits per heavy atom. The molecule has 1 aliphatic heterocycles. The minimum atomic E-state index is -0.00664. The summed E-state index contributed by atoms with van der Waals surface area (Å²) >= 11 is 1.95. The van der Waals surface area contributed by atoms with Crippen molar-refractivity contribution in [2.24, 2.45) is 0 Å². The van der Waals surface area contributed by atoms with Crippen LogP contribution in [0.2, 0.25) is 0 Å². The highest BCUT2D eigenvalue weighted by Crippen LogP contribution is 2.45. The molecule has 154 valence electrons. The largest absolute Gasteiger partial charge is 0.322 e. The van der Waals surface area contributed by atoms with E-state index in [-0.39, 0.29) is 12.1 Å². The second-order valence-electron chi connectivity index (χ2n) is 8.56. The number of nitrogens with one attached hydrogen (secondary N) is 1. The molecule has 0 unspecified atom stereocenters. The number of hydrogen-bond donors (Lipinski definition) is 1. The van der Waals surface area contributed by atoms with E-state index < -0.39 is 0 Å². The number of hydrogen-bond acceptors (Lipinski definition) is 2. The maximum absolute atomic E-state index is 13.5. The Morgan fingerprint density at radius 1 is 1.00 bits per heavy atom. The van der Waals surface area contributed by atoms with Gasteiger partial charge in [-0.05, 0) is 74.3 Å². The molecule has 1 atom stereocenters. The summed E-state index contributed by atoms with van der Waals surface area (Å²) in [5.74, 6) is 0. The minimum absolute atomic E-state index is 0.00342. The van der Waals surface area contributed by atoms with Crippen molar-refractivity contribution < 1.29 is 4.79 Å². The van der Waals surface area contributed by atoms with E-state index in [4.69, 9.17) is 0 Å². The third kappa shape index (κ3) is 3.43. The minimum Gasteiger partial charge on any atom is -0.312 e. The van der Waals surface area contributed by atoms with Crippen molar-refractivity contribution >= 4 is 23.1 Å². The molecular formula is C26H28N2OS. The number of rotatable bonds is 2. The van der Waals surface area contributed by atoms with Crippen molar-refractivity contribution in [3.05, 3.63) is 86.1 Å². The fourth-order valence-electron chi connectivity index (χ4n) is 4.98. The van der Waals surface area contributed by atoms with E-state index in [9.17, 15) is 4.79 Å². The van der Waals surface area contributed by atoms with Crippen LogP contribution in [0.1, 0.15) is 56.5 Å². The number of benzene rings is 2. The van der Waals surface area contributed by atoms with Crippen LogP contribution in [0.3, 0.4) is 0 Å². The van der Waals surface area contributed by atoms with E-state index in [0.29, 0.717) is 0 Å². The molecule has 1 N–H and O–H groups in total. The highest BCUT2D eigenvalue weighted by molar-refractivity contribution is 7.12. The van der Waals surface area contributed by atoms with Gasteiger partial charge in [0.15, 0.2) is 0 Å². The smallest absolute Gasteiger partial charge is 0.312 e. The topological polar surface area (TPSA) is 32.3 Å². The van der Waals surface area contributed by atoms with Crippen LogP contribution in [0.4, 0.5) is 10.5 Å². The molecule has 0 saturated carbocycles. The van der Waals surface area contributed by atoms with Gasteiger partial charge in [-0.15, -0.1) is 11.3 Å². The standard InChI is InChI=1S/C26H28N2OS/c1-17-12-13-22(18(2)16-17)27-26(29)28-15-14-21-20-10-6-7-11-23(20)30-25(21)24(28)19-8-4-3-5-9-19/h3-5,8-9,12-13,16,24H,6-7,10-11,14-15H2,1-2H3,(H,27,29)/t24-/m0/s1. The number of urea groups is 1. The third-order valence-electron chi connectivity index (χ3n) is 6.47. The first-order valence-corrected chi connectivity index (χ1v) is 11.8. The SMILES string of the molecule is Cc1ccc(NC(=O)N2CCc3c(sc4c3CCCC4)[C@@H]2c2ccccc2)c(C)c1. The summed E-state index contributed by atoms with van der Waals surface area (Å²) in [5, 5.41) is 3.19. The van der Waals surface area contributed by atoms with Crippen molar-refractivity contribution in [2.45, 2.75) is 52.0 Å². The van der Waals surface area contributed by atoms with E-state index in [1.165, 1.54) is 47.3 Å². The Kier molecular flexibility index (Phi) is 5.11. The molecule has 1 aromatic heterocycles. The average molecular weight is 417 g/mol. The van der Waals surface area contributed by atoms with Gasteiger partial charge in [0.1, 0.15) is 0 Å². The molecule has 0 spiro atoms. The first kappa shape index (κ1) is 19.4. The number of amides is 2. The molecule has 1 aliphatic carbocycles. The summed E-state index contributed by atoms with van der Waals surface area (Å²) in [7, 11) is 0. The van der Waals surface area contributed by atoms with Crippen LogP contribution in [-0.4, -0.2) is 17.5 Å². The number of nitrogens with zero attached hydrogens (tertiary/aromatic N) is 1. The maximum Gasteiger partial charge on any atom is 0.322 e. The lowest BCUT2D eigenvalue weighted by Crippen LogP contribution is -2.42. The lowest BCUT2D eigenvalue weighted by atomic mass is 9.88. The van der Waals surface area contributed by atoms with Crippen LogP contribution in [0.25, 0.3) is 0 Å². The number of aryl methyl sites for hydroxylation is 3. The second-order valence-corrected chi connectivity index (χ2v) is 9.70. The predicted octanol–water partition coefficient (Wildman–Crippen LogP) is 6.42. The molecule has 2 amide bonds. The van der Waals surface area contributed by atoms with E-state index in [0.717, 1.165) is 24.2 Å². The molecule has 0 bridgehead atoms. The molecule has 2 aromatic carbocycles. The van der Waals surface area contributed by atoms with Crippen molar-refractivity contribution in [1.29, 1.82) is 0 Å². The Labute approximate surface area is 182 Å². The van der Waals surface area contributed by atoms with E-state index >= 15 is 0 Å². The molecule has 0 saturated heterocycles. The van der Waals surface area contributed by atoms with E-state index in [1.807, 2.05) is 28.4 Å². The highest BCUT2D eigenvalue weighted by atomic mass is 32.1. The molecule has 3 nitrogen and oxygen atoms in total. The van der Waals surface area contributed by atoms with Gasteiger partial charge in [-0.3, -0.25) is 0 Å². The predicted molar refractivity (Wildman–Crippen MR) is 125 cm³/mol. The fraction of sp³-hybridized carbons (Fsp3) is 0.346. The monoisotopic (exact) mass is 416 g/mol. The van der Waals surface area contributed by atoms with Crippen LogP contribution >= 0.6 is 11.3 Å². The molecule has 30 heavy (non-hydrogen) atoms. The van der Waals surface area contributed by atoms with Gasteiger partial charge in [0.25, 0.3) is 0 Å². The van der Waals surface area contributed by atoms with Crippen LogP contribution in [0.15, 0.2) is 48.5 Å². The Hall–Kier alpha value is -2.59. The molecular weight excluding hydrogens is 388 g/mol. The van der Waals surface area contributed by atoms with Crippen LogP contribution < -0.4 is 5.32 Å². The van der Waals surface area contributed by atoms with Crippen molar-refractivity contribution in [3.8, 4) is 0 Å². The summed E-state index contributed by atoms with van der Waals surface area (Å²) in [6.07, 6.45) is 5.95. The summed E-state index contributed by atoms with van der Waals surface area (Å²) < 4.78 is 0. The lowest BCUT2D eigenvalue weighted by molar-refractivity contribution is 0.195. The normalized spacial score (nSPS) is 17.9. The first-order valence-electron chi connectivity index (χ1n) is 10.9. The number of fused-ring (bicyclic) bond motifs is 3. The average Bonchev–Trinajstić information content (AvgIpc) is 3.14. The van der Waals surface area contributed by atoms with Gasteiger partial charge >= 0.3 is 6.03 Å². The molecule has 2 aliphatic rings. The quantitative estimate of drug-likeness (QED) is 0.513. The Bertz CT molecular complexity index is 1090. The van der Waals surface area contributed by atoms with Gasteiger partial charge in [-0.1, -0.05) is 48.0 Å². The van der Waals surface area contributed by atoms with Crippen molar-refractivity contribution in [2.75, 3.05) is 11.9 Å². The van der Waals surface area contributed by atoms with Gasteiger partial charge in [0.2, 0.25) is 0 Å². The zero-order valence-corrected chi connectivity index (χ0v) is 18.5. The van der Waals surface area contributed by atoms with Crippen molar-refractivity contribution in [3.63, 3.8) is 0 Å². The summed E-state index contributed by atoms with van der Waals surface area (Å²) in [5.41, 5.74) is 7.53.